The Morgan fingerprint density at radius 3 is 2.33 bits per heavy atom. The summed E-state index contributed by atoms with van der Waals surface area (Å²) in [5, 5.41) is 2.46. The standard InChI is InChI=1S/C18H18N2O3S/c1-19-15(17(21)20(2)18(19)24)10-14-13-9-12(22-3)7-5-11(13)6-8-16(14)23-4/h5-10H,1-4H3. The van der Waals surface area contributed by atoms with Crippen LogP contribution < -0.4 is 9.47 Å². The van der Waals surface area contributed by atoms with Crippen LogP contribution >= 0.6 is 12.2 Å². The van der Waals surface area contributed by atoms with Crippen LogP contribution in [0, 0.1) is 0 Å². The van der Waals surface area contributed by atoms with E-state index in [0.717, 1.165) is 22.1 Å². The van der Waals surface area contributed by atoms with E-state index in [1.54, 1.807) is 33.2 Å². The number of ether oxygens (including phenoxy) is 2. The van der Waals surface area contributed by atoms with E-state index >= 15 is 0 Å². The van der Waals surface area contributed by atoms with Crippen molar-refractivity contribution in [1.29, 1.82) is 0 Å². The number of likely N-dealkylation sites (N-methyl/N-ethyl adjacent to an activating group) is 2. The van der Waals surface area contributed by atoms with Crippen LogP contribution in [-0.4, -0.2) is 49.1 Å². The number of methoxy groups -OCH3 is 2. The zero-order valence-corrected chi connectivity index (χ0v) is 14.8. The van der Waals surface area contributed by atoms with Crippen LogP contribution in [0.4, 0.5) is 0 Å². The third-order valence-electron chi connectivity index (χ3n) is 4.19. The molecule has 1 heterocycles. The number of thiocarbonyl (C=S) groups is 1. The Balaban J connectivity index is 2.26. The Labute approximate surface area is 146 Å². The fourth-order valence-corrected chi connectivity index (χ4v) is 2.96. The number of hydrogen-bond donors (Lipinski definition) is 0. The van der Waals surface area contributed by atoms with Crippen molar-refractivity contribution < 1.29 is 14.3 Å². The van der Waals surface area contributed by atoms with Crippen molar-refractivity contribution in [2.24, 2.45) is 0 Å². The van der Waals surface area contributed by atoms with E-state index in [4.69, 9.17) is 21.7 Å². The summed E-state index contributed by atoms with van der Waals surface area (Å²) < 4.78 is 10.8. The molecule has 0 aliphatic carbocycles. The van der Waals surface area contributed by atoms with Crippen LogP contribution in [0.2, 0.25) is 0 Å². The molecule has 6 heteroatoms. The number of carbonyl (C=O) groups excluding carboxylic acids is 1. The molecule has 1 fully saturated rings. The lowest BCUT2D eigenvalue weighted by molar-refractivity contribution is -0.121. The summed E-state index contributed by atoms with van der Waals surface area (Å²) in [5.41, 5.74) is 1.33. The highest BCUT2D eigenvalue weighted by Crippen LogP contribution is 2.34. The van der Waals surface area contributed by atoms with Crippen molar-refractivity contribution in [2.45, 2.75) is 0 Å². The minimum Gasteiger partial charge on any atom is -0.497 e. The Bertz CT molecular complexity index is 871. The van der Waals surface area contributed by atoms with Gasteiger partial charge in [0, 0.05) is 19.7 Å². The molecule has 5 nitrogen and oxygen atoms in total. The van der Waals surface area contributed by atoms with E-state index in [1.807, 2.05) is 36.4 Å². The van der Waals surface area contributed by atoms with E-state index < -0.39 is 0 Å². The minimum absolute atomic E-state index is 0.135. The summed E-state index contributed by atoms with van der Waals surface area (Å²) in [4.78, 5) is 15.6. The van der Waals surface area contributed by atoms with Crippen molar-refractivity contribution in [3.8, 4) is 11.5 Å². The summed E-state index contributed by atoms with van der Waals surface area (Å²) >= 11 is 5.27. The number of benzene rings is 2. The van der Waals surface area contributed by atoms with Crippen LogP contribution in [0.25, 0.3) is 16.8 Å². The fraction of sp³-hybridized carbons (Fsp3) is 0.222. The molecule has 2 aromatic carbocycles. The summed E-state index contributed by atoms with van der Waals surface area (Å²) in [5.74, 6) is 1.29. The summed E-state index contributed by atoms with van der Waals surface area (Å²) in [6, 6.07) is 9.69. The SMILES string of the molecule is COc1ccc2ccc(OC)c(C=C3C(=O)N(C)C(=S)N3C)c2c1. The molecule has 0 radical (unpaired) electrons. The first-order valence-corrected chi connectivity index (χ1v) is 7.81. The largest absolute Gasteiger partial charge is 0.497 e. The van der Waals surface area contributed by atoms with E-state index in [-0.39, 0.29) is 5.91 Å². The quantitative estimate of drug-likeness (QED) is 0.634. The molecule has 1 aliphatic heterocycles. The number of amides is 1. The average Bonchev–Trinajstić information content (AvgIpc) is 2.79. The molecule has 0 aromatic heterocycles. The Morgan fingerprint density at radius 2 is 1.75 bits per heavy atom. The number of carbonyl (C=O) groups is 1. The second kappa shape index (κ2) is 6.13. The van der Waals surface area contributed by atoms with Crippen molar-refractivity contribution in [1.82, 2.24) is 9.80 Å². The van der Waals surface area contributed by atoms with Crippen LogP contribution in [-0.2, 0) is 4.79 Å². The summed E-state index contributed by atoms with van der Waals surface area (Å²) in [6.45, 7) is 0. The average molecular weight is 342 g/mol. The highest BCUT2D eigenvalue weighted by atomic mass is 32.1. The van der Waals surface area contributed by atoms with Crippen molar-refractivity contribution >= 4 is 40.1 Å². The van der Waals surface area contributed by atoms with E-state index in [9.17, 15) is 4.79 Å². The van der Waals surface area contributed by atoms with E-state index in [2.05, 4.69) is 0 Å². The van der Waals surface area contributed by atoms with Gasteiger partial charge < -0.3 is 14.4 Å². The summed E-state index contributed by atoms with van der Waals surface area (Å²) in [7, 11) is 6.69. The number of rotatable bonds is 3. The molecule has 1 amide bonds. The van der Waals surface area contributed by atoms with Gasteiger partial charge in [0.05, 0.1) is 14.2 Å². The second-order valence-corrected chi connectivity index (χ2v) is 5.87. The first-order valence-electron chi connectivity index (χ1n) is 7.40. The third-order valence-corrected chi connectivity index (χ3v) is 4.74. The van der Waals surface area contributed by atoms with E-state index in [0.29, 0.717) is 16.6 Å². The molecule has 0 unspecified atom stereocenters. The van der Waals surface area contributed by atoms with Gasteiger partial charge >= 0.3 is 0 Å². The van der Waals surface area contributed by atoms with Gasteiger partial charge in [0.2, 0.25) is 0 Å². The Morgan fingerprint density at radius 1 is 1.04 bits per heavy atom. The molecule has 3 rings (SSSR count). The lowest BCUT2D eigenvalue weighted by Gasteiger charge is -2.13. The van der Waals surface area contributed by atoms with Gasteiger partial charge in [-0.25, -0.2) is 0 Å². The maximum Gasteiger partial charge on any atom is 0.276 e. The lowest BCUT2D eigenvalue weighted by Crippen LogP contribution is -2.26. The first-order chi connectivity index (χ1) is 11.5. The van der Waals surface area contributed by atoms with Crippen LogP contribution in [0.3, 0.4) is 0 Å². The minimum atomic E-state index is -0.135. The molecule has 1 aliphatic rings. The molecule has 0 bridgehead atoms. The molecule has 24 heavy (non-hydrogen) atoms. The monoisotopic (exact) mass is 342 g/mol. The van der Waals surface area contributed by atoms with Crippen molar-refractivity contribution in [2.75, 3.05) is 28.3 Å². The lowest BCUT2D eigenvalue weighted by atomic mass is 10.0. The molecule has 1 saturated heterocycles. The maximum absolute atomic E-state index is 12.5. The predicted octanol–water partition coefficient (Wildman–Crippen LogP) is 2.89. The van der Waals surface area contributed by atoms with Crippen LogP contribution in [0.5, 0.6) is 11.5 Å². The molecular weight excluding hydrogens is 324 g/mol. The summed E-state index contributed by atoms with van der Waals surface area (Å²) in [6.07, 6.45) is 1.82. The van der Waals surface area contributed by atoms with Crippen LogP contribution in [0.1, 0.15) is 5.56 Å². The zero-order valence-electron chi connectivity index (χ0n) is 14.0. The maximum atomic E-state index is 12.5. The highest BCUT2D eigenvalue weighted by molar-refractivity contribution is 7.80. The molecule has 2 aromatic rings. The fourth-order valence-electron chi connectivity index (χ4n) is 2.78. The van der Waals surface area contributed by atoms with Gasteiger partial charge in [0.15, 0.2) is 5.11 Å². The number of fused-ring (bicyclic) bond motifs is 1. The number of nitrogens with zero attached hydrogens (tertiary/aromatic N) is 2. The predicted molar refractivity (Wildman–Crippen MR) is 98.2 cm³/mol. The van der Waals surface area contributed by atoms with Gasteiger partial charge in [-0.15, -0.1) is 0 Å². The zero-order chi connectivity index (χ0) is 17.4. The number of hydrogen-bond acceptors (Lipinski definition) is 4. The van der Waals surface area contributed by atoms with Gasteiger partial charge in [-0.1, -0.05) is 12.1 Å². The molecule has 0 spiro atoms. The van der Waals surface area contributed by atoms with Gasteiger partial charge in [0.25, 0.3) is 5.91 Å². The highest BCUT2D eigenvalue weighted by Gasteiger charge is 2.33. The molecule has 124 valence electrons. The van der Waals surface area contributed by atoms with Gasteiger partial charge in [-0.2, -0.15) is 0 Å². The van der Waals surface area contributed by atoms with Gasteiger partial charge in [-0.3, -0.25) is 9.69 Å². The smallest absolute Gasteiger partial charge is 0.276 e. The Kier molecular flexibility index (Phi) is 4.15. The topological polar surface area (TPSA) is 42.0 Å². The van der Waals surface area contributed by atoms with E-state index in [1.165, 1.54) is 4.90 Å². The molecule has 0 atom stereocenters. The van der Waals surface area contributed by atoms with Crippen molar-refractivity contribution in [3.63, 3.8) is 0 Å². The van der Waals surface area contributed by atoms with Gasteiger partial charge in [-0.05, 0) is 47.3 Å². The van der Waals surface area contributed by atoms with Crippen molar-refractivity contribution in [3.05, 3.63) is 41.6 Å². The molecular formula is C18H18N2O3S. The first kappa shape index (κ1) is 16.3. The van der Waals surface area contributed by atoms with Gasteiger partial charge in [0.1, 0.15) is 17.2 Å². The third kappa shape index (κ3) is 2.49. The van der Waals surface area contributed by atoms with Crippen LogP contribution in [0.15, 0.2) is 36.0 Å². The normalized spacial score (nSPS) is 16.4. The molecule has 0 N–H and O–H groups in total. The second-order valence-electron chi connectivity index (χ2n) is 5.50. The Hall–Kier alpha value is -2.60. The molecule has 0 saturated carbocycles.